The van der Waals surface area contributed by atoms with Crippen molar-refractivity contribution >= 4 is 9.84 Å². The lowest BCUT2D eigenvalue weighted by Gasteiger charge is -2.10. The number of aromatic nitrogens is 2. The first kappa shape index (κ1) is 12.7. The van der Waals surface area contributed by atoms with E-state index in [1.807, 2.05) is 0 Å². The van der Waals surface area contributed by atoms with Gasteiger partial charge >= 0.3 is 0 Å². The third-order valence-electron chi connectivity index (χ3n) is 2.47. The summed E-state index contributed by atoms with van der Waals surface area (Å²) in [5.74, 6) is 0. The first-order chi connectivity index (χ1) is 8.48. The van der Waals surface area contributed by atoms with E-state index in [9.17, 15) is 13.5 Å². The summed E-state index contributed by atoms with van der Waals surface area (Å²) < 4.78 is 22.9. The molecule has 0 bridgehead atoms. The van der Waals surface area contributed by atoms with Crippen LogP contribution in [-0.2, 0) is 9.84 Å². The Morgan fingerprint density at radius 3 is 2.67 bits per heavy atom. The van der Waals surface area contributed by atoms with Crippen LogP contribution in [0.25, 0.3) is 0 Å². The summed E-state index contributed by atoms with van der Waals surface area (Å²) in [6.45, 7) is 0. The van der Waals surface area contributed by atoms with Crippen molar-refractivity contribution in [2.75, 3.05) is 6.26 Å². The van der Waals surface area contributed by atoms with Crippen LogP contribution >= 0.6 is 0 Å². The molecule has 0 aliphatic rings. The van der Waals surface area contributed by atoms with Gasteiger partial charge in [0.15, 0.2) is 9.84 Å². The highest BCUT2D eigenvalue weighted by Crippen LogP contribution is 2.21. The largest absolute Gasteiger partial charge is 0.382 e. The van der Waals surface area contributed by atoms with Gasteiger partial charge in [-0.2, -0.15) is 0 Å². The van der Waals surface area contributed by atoms with Gasteiger partial charge in [0.25, 0.3) is 0 Å². The summed E-state index contributed by atoms with van der Waals surface area (Å²) in [5, 5.41) is 10.1. The fourth-order valence-electron chi connectivity index (χ4n) is 1.54. The maximum Gasteiger partial charge on any atom is 0.175 e. The van der Waals surface area contributed by atoms with Gasteiger partial charge in [-0.25, -0.2) is 8.42 Å². The molecule has 1 unspecified atom stereocenters. The Bertz CT molecular complexity index is 641. The van der Waals surface area contributed by atoms with E-state index < -0.39 is 15.9 Å². The molecule has 1 aromatic carbocycles. The van der Waals surface area contributed by atoms with Crippen LogP contribution in [0.1, 0.15) is 17.4 Å². The predicted molar refractivity (Wildman–Crippen MR) is 65.6 cm³/mol. The van der Waals surface area contributed by atoms with Crippen molar-refractivity contribution in [2.24, 2.45) is 0 Å². The van der Waals surface area contributed by atoms with Gasteiger partial charge in [-0.15, -0.1) is 0 Å². The van der Waals surface area contributed by atoms with Crippen LogP contribution in [0, 0.1) is 0 Å². The SMILES string of the molecule is CS(=O)(=O)c1cccc(C(O)c2cnccn2)c1. The molecule has 0 saturated heterocycles. The van der Waals surface area contributed by atoms with Crippen molar-refractivity contribution < 1.29 is 13.5 Å². The molecular formula is C12H12N2O3S. The Balaban J connectivity index is 2.41. The molecule has 2 rings (SSSR count). The van der Waals surface area contributed by atoms with Crippen molar-refractivity contribution in [3.63, 3.8) is 0 Å². The summed E-state index contributed by atoms with van der Waals surface area (Å²) in [7, 11) is -3.29. The summed E-state index contributed by atoms with van der Waals surface area (Å²) in [6, 6.07) is 6.16. The van der Waals surface area contributed by atoms with Gasteiger partial charge in [-0.05, 0) is 17.7 Å². The Labute approximate surface area is 105 Å². The molecule has 5 nitrogen and oxygen atoms in total. The van der Waals surface area contributed by atoms with Crippen molar-refractivity contribution in [1.82, 2.24) is 9.97 Å². The first-order valence-electron chi connectivity index (χ1n) is 5.22. The monoisotopic (exact) mass is 264 g/mol. The van der Waals surface area contributed by atoms with E-state index in [2.05, 4.69) is 9.97 Å². The second kappa shape index (κ2) is 4.83. The minimum Gasteiger partial charge on any atom is -0.382 e. The van der Waals surface area contributed by atoms with Crippen molar-refractivity contribution in [2.45, 2.75) is 11.0 Å². The van der Waals surface area contributed by atoms with E-state index in [4.69, 9.17) is 0 Å². The summed E-state index contributed by atoms with van der Waals surface area (Å²) in [4.78, 5) is 8.02. The first-order valence-corrected chi connectivity index (χ1v) is 7.11. The van der Waals surface area contributed by atoms with Gasteiger partial charge in [-0.1, -0.05) is 12.1 Å². The smallest absolute Gasteiger partial charge is 0.175 e. The number of nitrogens with zero attached hydrogens (tertiary/aromatic N) is 2. The maximum atomic E-state index is 11.4. The summed E-state index contributed by atoms with van der Waals surface area (Å²) >= 11 is 0. The highest BCUT2D eigenvalue weighted by Gasteiger charge is 2.14. The lowest BCUT2D eigenvalue weighted by atomic mass is 10.1. The van der Waals surface area contributed by atoms with E-state index >= 15 is 0 Å². The fourth-order valence-corrected chi connectivity index (χ4v) is 2.21. The normalized spacial score (nSPS) is 13.2. The Hall–Kier alpha value is -1.79. The summed E-state index contributed by atoms with van der Waals surface area (Å²) in [5.41, 5.74) is 0.849. The average Bonchev–Trinajstić information content (AvgIpc) is 2.38. The molecule has 0 amide bonds. The van der Waals surface area contributed by atoms with E-state index in [0.29, 0.717) is 11.3 Å². The zero-order chi connectivity index (χ0) is 13.2. The van der Waals surface area contributed by atoms with Crippen LogP contribution < -0.4 is 0 Å². The van der Waals surface area contributed by atoms with E-state index in [1.165, 1.54) is 30.7 Å². The lowest BCUT2D eigenvalue weighted by molar-refractivity contribution is 0.214. The topological polar surface area (TPSA) is 80.2 Å². The number of hydrogen-bond donors (Lipinski definition) is 1. The standard InChI is InChI=1S/C12H12N2O3S/c1-18(16,17)10-4-2-3-9(7-10)12(15)11-8-13-5-6-14-11/h2-8,12,15H,1H3. The molecular weight excluding hydrogens is 252 g/mol. The predicted octanol–water partition coefficient (Wildman–Crippen LogP) is 0.962. The maximum absolute atomic E-state index is 11.4. The van der Waals surface area contributed by atoms with Crippen LogP contribution in [0.5, 0.6) is 0 Å². The second-order valence-electron chi connectivity index (χ2n) is 3.88. The second-order valence-corrected chi connectivity index (χ2v) is 5.89. The molecule has 0 spiro atoms. The highest BCUT2D eigenvalue weighted by molar-refractivity contribution is 7.90. The highest BCUT2D eigenvalue weighted by atomic mass is 32.2. The molecule has 1 heterocycles. The molecule has 0 aliphatic carbocycles. The molecule has 1 aromatic heterocycles. The van der Waals surface area contributed by atoms with Crippen molar-refractivity contribution in [3.05, 3.63) is 54.1 Å². The van der Waals surface area contributed by atoms with Gasteiger partial charge in [-0.3, -0.25) is 9.97 Å². The van der Waals surface area contributed by atoms with Gasteiger partial charge in [0, 0.05) is 18.6 Å². The zero-order valence-electron chi connectivity index (χ0n) is 9.69. The molecule has 0 saturated carbocycles. The van der Waals surface area contributed by atoms with Gasteiger partial charge in [0.1, 0.15) is 6.10 Å². The number of aliphatic hydroxyl groups is 1. The lowest BCUT2D eigenvalue weighted by Crippen LogP contribution is -2.04. The Kier molecular flexibility index (Phi) is 3.40. The van der Waals surface area contributed by atoms with Gasteiger partial charge in [0.2, 0.25) is 0 Å². The van der Waals surface area contributed by atoms with Crippen LogP contribution in [-0.4, -0.2) is 29.7 Å². The number of benzene rings is 1. The third kappa shape index (κ3) is 2.72. The van der Waals surface area contributed by atoms with Crippen LogP contribution in [0.2, 0.25) is 0 Å². The minimum atomic E-state index is -3.29. The number of aliphatic hydroxyl groups excluding tert-OH is 1. The van der Waals surface area contributed by atoms with Crippen LogP contribution in [0.3, 0.4) is 0 Å². The molecule has 18 heavy (non-hydrogen) atoms. The molecule has 94 valence electrons. The number of sulfone groups is 1. The number of hydrogen-bond acceptors (Lipinski definition) is 5. The Morgan fingerprint density at radius 1 is 1.28 bits per heavy atom. The molecule has 0 fully saturated rings. The minimum absolute atomic E-state index is 0.169. The quantitative estimate of drug-likeness (QED) is 0.893. The fraction of sp³-hybridized carbons (Fsp3) is 0.167. The van der Waals surface area contributed by atoms with E-state index in [1.54, 1.807) is 12.1 Å². The third-order valence-corrected chi connectivity index (χ3v) is 3.58. The molecule has 0 aliphatic heterocycles. The van der Waals surface area contributed by atoms with Crippen LogP contribution in [0.4, 0.5) is 0 Å². The molecule has 1 N–H and O–H groups in total. The van der Waals surface area contributed by atoms with Crippen LogP contribution in [0.15, 0.2) is 47.8 Å². The van der Waals surface area contributed by atoms with Gasteiger partial charge < -0.3 is 5.11 Å². The van der Waals surface area contributed by atoms with Crippen molar-refractivity contribution in [3.8, 4) is 0 Å². The molecule has 1 atom stereocenters. The van der Waals surface area contributed by atoms with E-state index in [0.717, 1.165) is 6.26 Å². The summed E-state index contributed by atoms with van der Waals surface area (Å²) in [6.07, 6.45) is 4.56. The average molecular weight is 264 g/mol. The Morgan fingerprint density at radius 2 is 2.06 bits per heavy atom. The van der Waals surface area contributed by atoms with E-state index in [-0.39, 0.29) is 4.90 Å². The molecule has 2 aromatic rings. The van der Waals surface area contributed by atoms with Crippen molar-refractivity contribution in [1.29, 1.82) is 0 Å². The zero-order valence-corrected chi connectivity index (χ0v) is 10.5. The van der Waals surface area contributed by atoms with Gasteiger partial charge in [0.05, 0.1) is 16.8 Å². The number of rotatable bonds is 3. The molecule has 0 radical (unpaired) electrons. The molecule has 6 heteroatoms.